The molecule has 0 heterocycles. The molecule has 0 unspecified atom stereocenters. The molecule has 8 aromatic carbocycles. The summed E-state index contributed by atoms with van der Waals surface area (Å²) in [4.78, 5) is 80.7. The van der Waals surface area contributed by atoms with Crippen LogP contribution in [0.5, 0.6) is 0 Å². The van der Waals surface area contributed by atoms with Crippen molar-refractivity contribution in [2.24, 2.45) is 0 Å². The van der Waals surface area contributed by atoms with Crippen LogP contribution in [0, 0.1) is 0 Å². The van der Waals surface area contributed by atoms with Crippen molar-refractivity contribution >= 4 is 103 Å². The average Bonchev–Trinajstić information content (AvgIpc) is 3.42. The van der Waals surface area contributed by atoms with E-state index < -0.39 is 47.8 Å². The van der Waals surface area contributed by atoms with Crippen LogP contribution in [0.15, 0.2) is 243 Å². The molecule has 371 valence electrons. The van der Waals surface area contributed by atoms with Gasteiger partial charge in [-0.3, -0.25) is 0 Å². The van der Waals surface area contributed by atoms with Crippen molar-refractivity contribution in [3.05, 3.63) is 287 Å². The van der Waals surface area contributed by atoms with E-state index in [9.17, 15) is 79.2 Å². The first-order valence-electron chi connectivity index (χ1n) is 20.6. The Morgan fingerprint density at radius 3 is 0.293 bits per heavy atom. The van der Waals surface area contributed by atoms with Gasteiger partial charge >= 0.3 is 72.5 Å². The Kier molecular flexibility index (Phi) is 41.2. The molecule has 8 aromatic rings. The Morgan fingerprint density at radius 2 is 0.253 bits per heavy atom. The molecular weight excluding hydrogens is 1050 g/mol. The van der Waals surface area contributed by atoms with Gasteiger partial charge in [0.15, 0.2) is 0 Å². The Bertz CT molecular complexity index is 2240. The number of carboxylic acids is 8. The van der Waals surface area contributed by atoms with E-state index >= 15 is 0 Å². The van der Waals surface area contributed by atoms with Crippen molar-refractivity contribution < 1.29 is 96.6 Å². The minimum absolute atomic E-state index is 0. The molecule has 0 spiro atoms. The van der Waals surface area contributed by atoms with Crippen LogP contribution in [0.1, 0.15) is 82.9 Å². The molecule has 75 heavy (non-hydrogen) atoms. The third kappa shape index (κ3) is 34.8. The van der Waals surface area contributed by atoms with Crippen LogP contribution in [-0.4, -0.2) is 103 Å². The van der Waals surface area contributed by atoms with Crippen LogP contribution in [0.25, 0.3) is 0 Å². The molecule has 0 aliphatic rings. The van der Waals surface area contributed by atoms with E-state index in [0.717, 1.165) is 0 Å². The topological polar surface area (TPSA) is 321 Å². The normalized spacial score (nSPS) is 8.53. The van der Waals surface area contributed by atoms with Gasteiger partial charge < -0.3 is 79.2 Å². The fraction of sp³-hybridized carbons (Fsp3) is 0. The van der Waals surface area contributed by atoms with Gasteiger partial charge in [0.25, 0.3) is 0 Å². The maximum absolute atomic E-state index is 10.1. The fourth-order valence-corrected chi connectivity index (χ4v) is 4.59. The summed E-state index contributed by atoms with van der Waals surface area (Å²) >= 11 is 0. The second-order valence-electron chi connectivity index (χ2n) is 13.2. The minimum atomic E-state index is -1.13. The largest absolute Gasteiger partial charge is 3.00 e. The molecule has 0 N–H and O–H groups in total. The van der Waals surface area contributed by atoms with Gasteiger partial charge in [-0.15, -0.1) is 0 Å². The third-order valence-electron chi connectivity index (χ3n) is 8.08. The van der Waals surface area contributed by atoms with Crippen LogP contribution in [-0.2, 0) is 17.4 Å². The van der Waals surface area contributed by atoms with E-state index in [1.54, 1.807) is 146 Å². The summed E-state index contributed by atoms with van der Waals surface area (Å²) in [6.07, 6.45) is 0. The zero-order valence-electron chi connectivity index (χ0n) is 39.3. The maximum Gasteiger partial charge on any atom is 3.00 e. The molecule has 1 radical (unpaired) electrons. The van der Waals surface area contributed by atoms with Crippen LogP contribution in [0.4, 0.5) is 0 Å². The van der Waals surface area contributed by atoms with E-state index in [4.69, 9.17) is 0 Å². The van der Waals surface area contributed by atoms with Gasteiger partial charge in [-0.05, 0) is 44.5 Å². The first-order valence-corrected chi connectivity index (χ1v) is 20.6. The molecule has 0 atom stereocenters. The number of rotatable bonds is 8. The van der Waals surface area contributed by atoms with Crippen LogP contribution < -0.4 is 40.9 Å². The Hall–Kier alpha value is -8.16. The van der Waals surface area contributed by atoms with Gasteiger partial charge in [0.1, 0.15) is 0 Å². The van der Waals surface area contributed by atoms with Crippen molar-refractivity contribution in [1.29, 1.82) is 0 Å². The van der Waals surface area contributed by atoms with Gasteiger partial charge in [-0.1, -0.05) is 243 Å². The molecule has 0 bridgehead atoms. The summed E-state index contributed by atoms with van der Waals surface area (Å²) in [5.74, 6) is -9.03. The van der Waals surface area contributed by atoms with E-state index in [0.29, 0.717) is 0 Å². The Balaban J connectivity index is -0.000000785. The van der Waals surface area contributed by atoms with Crippen molar-refractivity contribution in [1.82, 2.24) is 0 Å². The third-order valence-corrected chi connectivity index (χ3v) is 8.08. The number of hydrogen-bond acceptors (Lipinski definition) is 16. The SMILES string of the molecule is O=C([O-])c1ccccc1.O=C([O-])c1ccccc1.O=C([O-])c1ccccc1.O=C([O-])c1ccccc1.O=C([O-])c1ccccc1.O=C([O-])c1ccccc1.O=C([O-])c1ccccc1.O=C([O-])c1ccccc1.[Al+3].[Ca+2].[Cr+3]. The summed E-state index contributed by atoms with van der Waals surface area (Å²) in [5.41, 5.74) is 1.76. The average molecular weight is 1090 g/mol. The number of aromatic carboxylic acids is 8. The first-order chi connectivity index (χ1) is 34.4. The number of benzene rings is 8. The summed E-state index contributed by atoms with van der Waals surface area (Å²) in [5, 5.41) is 80.7. The second kappa shape index (κ2) is 43.4. The molecule has 0 saturated carbocycles. The van der Waals surface area contributed by atoms with Gasteiger partial charge in [-0.2, -0.15) is 0 Å². The predicted octanol–water partition coefficient (Wildman–Crippen LogP) is -0.363. The first kappa shape index (κ1) is 71.1. The van der Waals surface area contributed by atoms with Crippen molar-refractivity contribution in [3.8, 4) is 0 Å². The van der Waals surface area contributed by atoms with Gasteiger partial charge in [0, 0.05) is 0 Å². The van der Waals surface area contributed by atoms with Crippen molar-refractivity contribution in [3.63, 3.8) is 0 Å². The van der Waals surface area contributed by atoms with E-state index in [2.05, 4.69) is 0 Å². The second-order valence-corrected chi connectivity index (χ2v) is 13.2. The molecule has 0 aromatic heterocycles. The summed E-state index contributed by atoms with van der Waals surface area (Å²) < 4.78 is 0. The molecule has 16 nitrogen and oxygen atoms in total. The van der Waals surface area contributed by atoms with Crippen LogP contribution in [0.3, 0.4) is 0 Å². The number of hydrogen-bond donors (Lipinski definition) is 0. The monoisotopic (exact) mass is 1090 g/mol. The molecule has 0 aliphatic carbocycles. The predicted molar refractivity (Wildman–Crippen MR) is 258 cm³/mol. The molecule has 0 fully saturated rings. The van der Waals surface area contributed by atoms with Gasteiger partial charge in [0.2, 0.25) is 0 Å². The minimum Gasteiger partial charge on any atom is -0.545 e. The maximum atomic E-state index is 10.1. The molecule has 0 amide bonds. The Morgan fingerprint density at radius 1 is 0.187 bits per heavy atom. The smallest absolute Gasteiger partial charge is 0.545 e. The van der Waals surface area contributed by atoms with E-state index in [1.807, 2.05) is 0 Å². The molecule has 0 aliphatic heterocycles. The number of carbonyl (C=O) groups excluding carboxylic acids is 8. The number of carbonyl (C=O) groups is 8. The fourth-order valence-electron chi connectivity index (χ4n) is 4.59. The molecular formula is C56H40AlCaCrO16. The van der Waals surface area contributed by atoms with Crippen LogP contribution >= 0.6 is 0 Å². The van der Waals surface area contributed by atoms with Crippen molar-refractivity contribution in [2.75, 3.05) is 0 Å². The Labute approximate surface area is 482 Å². The molecule has 8 rings (SSSR count). The van der Waals surface area contributed by atoms with Gasteiger partial charge in [-0.25, -0.2) is 0 Å². The molecule has 19 heteroatoms. The summed E-state index contributed by atoms with van der Waals surface area (Å²) in [6, 6.07) is 64.5. The van der Waals surface area contributed by atoms with Crippen LogP contribution in [0.2, 0.25) is 0 Å². The zero-order valence-corrected chi connectivity index (χ0v) is 44.0. The summed E-state index contributed by atoms with van der Waals surface area (Å²) in [7, 11) is 0. The standard InChI is InChI=1S/8C7H6O2.Al.Ca.Cr/c8*8-7(9)6-4-2-1-3-5-6;;;/h8*1-5H,(H,8,9);;;/q;;;;;;;;+3;+2;+3/p-8. The summed E-state index contributed by atoms with van der Waals surface area (Å²) in [6.45, 7) is 0. The number of carboxylic acid groups (broad SMARTS) is 8. The molecule has 0 saturated heterocycles. The van der Waals surface area contributed by atoms with Gasteiger partial charge in [0.05, 0.1) is 47.8 Å². The quantitative estimate of drug-likeness (QED) is 0.175. The van der Waals surface area contributed by atoms with Crippen molar-refractivity contribution in [2.45, 2.75) is 0 Å². The zero-order chi connectivity index (χ0) is 53.5. The van der Waals surface area contributed by atoms with E-state index in [-0.39, 0.29) is 117 Å². The van der Waals surface area contributed by atoms with E-state index in [1.165, 1.54) is 97.1 Å².